The van der Waals surface area contributed by atoms with Crippen molar-refractivity contribution in [1.82, 2.24) is 0 Å². The summed E-state index contributed by atoms with van der Waals surface area (Å²) in [5, 5.41) is 98.4. The standard InChI is InChI=1S/C47H74O19/c1-20-40(64-35-17-30(50)41(21(2)60-35)65-36-18-31(51)42(22(3)61-36)66-44-39(55)38(54)37(53)32(19-48)63-44)29(49)16-34(59-20)62-24-8-11-45(4)23(14-24)6-7-27-28(45)15-33(52)46(5)26(9-12-47(27,46)57)25-10-13-58-43(25)56/h10,20-24,26-42,44,48-55,57H,6-9,11-19H2,1-5H3/t20-,21-,22-,23-,24+,26+,27-,28+,29+,30+,31+,32-,33-,34+,35+,36+,37-,38+,39-,40-,41-,42-,44+,45+,46+,47+/m1/s1. The smallest absolute Gasteiger partial charge is 0.334 e. The third-order valence-electron chi connectivity index (χ3n) is 18.1. The van der Waals surface area contributed by atoms with Crippen molar-refractivity contribution in [2.75, 3.05) is 13.2 Å². The fourth-order valence-corrected chi connectivity index (χ4v) is 14.3. The van der Waals surface area contributed by atoms with Gasteiger partial charge in [0.25, 0.3) is 0 Å². The summed E-state index contributed by atoms with van der Waals surface area (Å²) in [6, 6.07) is 0. The molecule has 19 nitrogen and oxygen atoms in total. The predicted molar refractivity (Wildman–Crippen MR) is 225 cm³/mol. The van der Waals surface area contributed by atoms with E-state index in [1.807, 2.05) is 19.9 Å². The average molecular weight is 943 g/mol. The number of aliphatic hydroxyl groups is 9. The van der Waals surface area contributed by atoms with Gasteiger partial charge in [0.2, 0.25) is 0 Å². The van der Waals surface area contributed by atoms with Crippen LogP contribution in [0.25, 0.3) is 0 Å². The molecule has 0 aromatic heterocycles. The van der Waals surface area contributed by atoms with Crippen LogP contribution in [0.1, 0.15) is 105 Å². The minimum Gasteiger partial charge on any atom is -0.458 e. The van der Waals surface area contributed by atoms with E-state index in [0.29, 0.717) is 30.8 Å². The number of carbonyl (C=O) groups excluding carboxylic acids is 1. The van der Waals surface area contributed by atoms with Crippen molar-refractivity contribution < 1.29 is 93.4 Å². The summed E-state index contributed by atoms with van der Waals surface area (Å²) < 4.78 is 53.9. The highest BCUT2D eigenvalue weighted by molar-refractivity contribution is 5.91. The molecular weight excluding hydrogens is 868 g/mol. The summed E-state index contributed by atoms with van der Waals surface area (Å²) in [6.07, 6.45) is -10.8. The van der Waals surface area contributed by atoms with Crippen molar-refractivity contribution in [1.29, 1.82) is 0 Å². The van der Waals surface area contributed by atoms with Gasteiger partial charge in [0, 0.05) is 36.2 Å². The van der Waals surface area contributed by atoms with E-state index in [2.05, 4.69) is 6.92 Å². The van der Waals surface area contributed by atoms with Gasteiger partial charge >= 0.3 is 5.97 Å². The van der Waals surface area contributed by atoms with E-state index in [4.69, 9.17) is 42.6 Å². The molecule has 19 heteroatoms. The first-order valence-electron chi connectivity index (χ1n) is 24.5. The average Bonchev–Trinajstić information content (AvgIpc) is 3.81. The number of aliphatic hydroxyl groups excluding tert-OH is 8. The summed E-state index contributed by atoms with van der Waals surface area (Å²) >= 11 is 0. The van der Waals surface area contributed by atoms with Gasteiger partial charge in [0.05, 0.1) is 61.0 Å². The lowest BCUT2D eigenvalue weighted by molar-refractivity contribution is -0.355. The maximum Gasteiger partial charge on any atom is 0.334 e. The quantitative estimate of drug-likeness (QED) is 0.103. The Morgan fingerprint density at radius 1 is 0.652 bits per heavy atom. The molecule has 5 aliphatic heterocycles. The number of hydrogen-bond donors (Lipinski definition) is 9. The van der Waals surface area contributed by atoms with E-state index < -0.39 is 128 Å². The van der Waals surface area contributed by atoms with Gasteiger partial charge in [0.1, 0.15) is 49.3 Å². The normalized spacial score (nSPS) is 55.3. The number of esters is 1. The Labute approximate surface area is 385 Å². The summed E-state index contributed by atoms with van der Waals surface area (Å²) in [6.45, 7) is 9.07. The molecule has 0 bridgehead atoms. The van der Waals surface area contributed by atoms with E-state index in [9.17, 15) is 50.8 Å². The molecule has 5 heterocycles. The molecule has 376 valence electrons. The Morgan fingerprint density at radius 3 is 1.77 bits per heavy atom. The van der Waals surface area contributed by atoms with Crippen molar-refractivity contribution in [3.05, 3.63) is 11.6 Å². The van der Waals surface area contributed by atoms with Crippen LogP contribution in [0.3, 0.4) is 0 Å². The van der Waals surface area contributed by atoms with E-state index in [1.54, 1.807) is 13.8 Å². The molecule has 0 aromatic rings. The molecule has 0 amide bonds. The van der Waals surface area contributed by atoms with Crippen LogP contribution in [-0.2, 0) is 47.4 Å². The topological polar surface area (TPSA) is 282 Å². The molecular formula is C47H74O19. The van der Waals surface area contributed by atoms with Gasteiger partial charge in [-0.15, -0.1) is 0 Å². The largest absolute Gasteiger partial charge is 0.458 e. The zero-order valence-electron chi connectivity index (χ0n) is 38.7. The number of hydrogen-bond acceptors (Lipinski definition) is 19. The van der Waals surface area contributed by atoms with Gasteiger partial charge in [-0.3, -0.25) is 0 Å². The van der Waals surface area contributed by atoms with Gasteiger partial charge in [-0.1, -0.05) is 13.8 Å². The summed E-state index contributed by atoms with van der Waals surface area (Å²) in [4.78, 5) is 12.6. The lowest BCUT2D eigenvalue weighted by atomic mass is 9.42. The molecule has 9 N–H and O–H groups in total. The highest BCUT2D eigenvalue weighted by atomic mass is 16.8. The number of ether oxygens (including phenoxy) is 9. The lowest BCUT2D eigenvalue weighted by Crippen LogP contribution is -2.67. The monoisotopic (exact) mass is 942 g/mol. The lowest BCUT2D eigenvalue weighted by Gasteiger charge is -2.65. The highest BCUT2D eigenvalue weighted by Gasteiger charge is 2.71. The van der Waals surface area contributed by atoms with Gasteiger partial charge in [-0.25, -0.2) is 4.79 Å². The van der Waals surface area contributed by atoms with Crippen LogP contribution >= 0.6 is 0 Å². The Hall–Kier alpha value is -1.47. The van der Waals surface area contributed by atoms with E-state index >= 15 is 0 Å². The van der Waals surface area contributed by atoms with E-state index in [-0.39, 0.29) is 61.1 Å². The van der Waals surface area contributed by atoms with Crippen LogP contribution in [0.5, 0.6) is 0 Å². The molecule has 66 heavy (non-hydrogen) atoms. The Kier molecular flexibility index (Phi) is 14.2. The van der Waals surface area contributed by atoms with Crippen LogP contribution in [0.2, 0.25) is 0 Å². The molecule has 0 unspecified atom stereocenters. The molecule has 4 aliphatic carbocycles. The molecule has 26 atom stereocenters. The van der Waals surface area contributed by atoms with Crippen LogP contribution in [0, 0.1) is 34.5 Å². The first kappa shape index (κ1) is 49.5. The van der Waals surface area contributed by atoms with Crippen LogP contribution in [-0.4, -0.2) is 187 Å². The third-order valence-corrected chi connectivity index (χ3v) is 18.1. The second-order valence-corrected chi connectivity index (χ2v) is 21.6. The van der Waals surface area contributed by atoms with Crippen LogP contribution < -0.4 is 0 Å². The van der Waals surface area contributed by atoms with Crippen molar-refractivity contribution in [2.45, 2.75) is 228 Å². The van der Waals surface area contributed by atoms with Gasteiger partial charge in [-0.05, 0) is 101 Å². The number of cyclic esters (lactones) is 1. The summed E-state index contributed by atoms with van der Waals surface area (Å²) in [7, 11) is 0. The molecule has 0 aromatic carbocycles. The Balaban J connectivity index is 0.738. The summed E-state index contributed by atoms with van der Waals surface area (Å²) in [5.74, 6) is -0.0910. The second kappa shape index (κ2) is 18.9. The van der Waals surface area contributed by atoms with Crippen molar-refractivity contribution in [2.24, 2.45) is 34.5 Å². The van der Waals surface area contributed by atoms with E-state index in [1.165, 1.54) is 0 Å². The van der Waals surface area contributed by atoms with Crippen molar-refractivity contribution >= 4 is 5.97 Å². The molecule has 0 radical (unpaired) electrons. The molecule has 0 spiro atoms. The van der Waals surface area contributed by atoms with Crippen molar-refractivity contribution in [3.8, 4) is 0 Å². The van der Waals surface area contributed by atoms with Crippen LogP contribution in [0.15, 0.2) is 11.6 Å². The van der Waals surface area contributed by atoms with Gasteiger partial charge in [-0.2, -0.15) is 0 Å². The van der Waals surface area contributed by atoms with Crippen molar-refractivity contribution in [3.63, 3.8) is 0 Å². The first-order chi connectivity index (χ1) is 31.3. The van der Waals surface area contributed by atoms with Gasteiger partial charge < -0.3 is 88.6 Å². The third kappa shape index (κ3) is 8.54. The minimum absolute atomic E-state index is 0.0175. The first-order valence-corrected chi connectivity index (χ1v) is 24.5. The maximum atomic E-state index is 12.6. The molecule has 4 saturated heterocycles. The molecule has 9 aliphatic rings. The Morgan fingerprint density at radius 2 is 1.23 bits per heavy atom. The second-order valence-electron chi connectivity index (χ2n) is 21.6. The number of rotatable bonds is 10. The highest BCUT2D eigenvalue weighted by Crippen LogP contribution is 2.70. The Bertz CT molecular complexity index is 1720. The summed E-state index contributed by atoms with van der Waals surface area (Å²) in [5.41, 5.74) is -1.40. The number of fused-ring (bicyclic) bond motifs is 5. The fraction of sp³-hybridized carbons (Fsp3) is 0.936. The predicted octanol–water partition coefficient (Wildman–Crippen LogP) is 0.0423. The fourth-order valence-electron chi connectivity index (χ4n) is 14.3. The van der Waals surface area contributed by atoms with Gasteiger partial charge in [0.15, 0.2) is 25.2 Å². The minimum atomic E-state index is -1.65. The zero-order chi connectivity index (χ0) is 47.2. The maximum absolute atomic E-state index is 12.6. The van der Waals surface area contributed by atoms with Crippen LogP contribution in [0.4, 0.5) is 0 Å². The molecule has 8 fully saturated rings. The molecule has 9 rings (SSSR count). The zero-order valence-corrected chi connectivity index (χ0v) is 38.7. The number of carbonyl (C=O) groups is 1. The molecule has 4 saturated carbocycles. The van der Waals surface area contributed by atoms with E-state index in [0.717, 1.165) is 32.1 Å². The SMILES string of the molecule is C[C@H]1O[C@@H](O[C@H]2CC[C@@]3(C)[C@H](CC[C@@H]4[C@@H]3C[C@@H](O)[C@]3(C)[C@H](C5=CCOC5=O)CC[C@]43O)C2)C[C@H](O)[C@@H]1O[C@H]1C[C@H](O)[C@H](O[C@H]2C[C@H](O)[C@H](O[C@@H]3O[C@H](CO)[C@@H](O)[C@H](O)[C@H]3O)[C@@H](C)O2)[C@@H](C)O1.